The molecule has 0 N–H and O–H groups in total. The van der Waals surface area contributed by atoms with E-state index in [2.05, 4.69) is 4.74 Å². The largest absolute Gasteiger partial charge is 0.573 e. The van der Waals surface area contributed by atoms with E-state index < -0.39 is 22.1 Å². The molecule has 130 valence electrons. The molecule has 0 heterocycles. The second-order valence-electron chi connectivity index (χ2n) is 5.89. The first-order valence-electron chi connectivity index (χ1n) is 7.50. The third-order valence-corrected chi connectivity index (χ3v) is 5.93. The molecule has 0 aliphatic heterocycles. The second-order valence-corrected chi connectivity index (χ2v) is 7.73. The summed E-state index contributed by atoms with van der Waals surface area (Å²) in [5.41, 5.74) is 0. The van der Waals surface area contributed by atoms with Crippen LogP contribution in [0.3, 0.4) is 0 Å². The zero-order valence-electron chi connectivity index (χ0n) is 13.0. The second kappa shape index (κ2) is 6.68. The third-order valence-electron chi connectivity index (χ3n) is 3.81. The fourth-order valence-corrected chi connectivity index (χ4v) is 4.93. The summed E-state index contributed by atoms with van der Waals surface area (Å²) in [6.45, 7) is 3.54. The topological polar surface area (TPSA) is 46.6 Å². The molecule has 0 saturated heterocycles. The van der Waals surface area contributed by atoms with E-state index in [4.69, 9.17) is 0 Å². The predicted molar refractivity (Wildman–Crippen MR) is 79.5 cm³/mol. The highest BCUT2D eigenvalue weighted by atomic mass is 32.2. The monoisotopic (exact) mass is 351 g/mol. The molecular formula is C15H20F3NO3S. The number of hydrogen-bond donors (Lipinski definition) is 0. The lowest BCUT2D eigenvalue weighted by Crippen LogP contribution is -2.43. The van der Waals surface area contributed by atoms with E-state index in [0.717, 1.165) is 37.8 Å². The number of nitrogens with zero attached hydrogens (tertiary/aromatic N) is 1. The minimum Gasteiger partial charge on any atom is -0.406 e. The van der Waals surface area contributed by atoms with Crippen molar-refractivity contribution in [2.75, 3.05) is 0 Å². The van der Waals surface area contributed by atoms with Crippen LogP contribution in [0, 0.1) is 0 Å². The molecular weight excluding hydrogens is 331 g/mol. The Kier molecular flexibility index (Phi) is 5.25. The van der Waals surface area contributed by atoms with Crippen molar-refractivity contribution in [2.45, 2.75) is 62.9 Å². The maximum Gasteiger partial charge on any atom is 0.573 e. The molecule has 1 aliphatic rings. The van der Waals surface area contributed by atoms with Crippen LogP contribution in [0.15, 0.2) is 29.2 Å². The summed E-state index contributed by atoms with van der Waals surface area (Å²) in [5, 5.41) is 0. The van der Waals surface area contributed by atoms with Crippen molar-refractivity contribution in [3.8, 4) is 5.75 Å². The van der Waals surface area contributed by atoms with E-state index in [0.29, 0.717) is 0 Å². The molecule has 1 aromatic carbocycles. The first-order chi connectivity index (χ1) is 10.6. The maximum absolute atomic E-state index is 12.9. The van der Waals surface area contributed by atoms with Crippen LogP contribution in [-0.4, -0.2) is 31.2 Å². The van der Waals surface area contributed by atoms with Gasteiger partial charge in [0.2, 0.25) is 10.0 Å². The molecule has 8 heteroatoms. The van der Waals surface area contributed by atoms with Crippen LogP contribution in [0.25, 0.3) is 0 Å². The van der Waals surface area contributed by atoms with Crippen LogP contribution in [-0.2, 0) is 10.0 Å². The summed E-state index contributed by atoms with van der Waals surface area (Å²) in [4.78, 5) is -0.181. The van der Waals surface area contributed by atoms with Gasteiger partial charge in [-0.2, -0.15) is 4.31 Å². The van der Waals surface area contributed by atoms with Gasteiger partial charge in [0.25, 0.3) is 0 Å². The Bertz CT molecular complexity index is 638. The molecule has 0 bridgehead atoms. The molecule has 4 nitrogen and oxygen atoms in total. The molecule has 1 aliphatic carbocycles. The van der Waals surface area contributed by atoms with E-state index in [9.17, 15) is 21.6 Å². The molecule has 1 fully saturated rings. The Balaban J connectivity index is 2.35. The number of ether oxygens (including phenoxy) is 1. The van der Waals surface area contributed by atoms with Gasteiger partial charge in [-0.1, -0.05) is 18.9 Å². The molecule has 0 amide bonds. The summed E-state index contributed by atoms with van der Waals surface area (Å²) >= 11 is 0. The Labute approximate surface area is 134 Å². The molecule has 1 saturated carbocycles. The van der Waals surface area contributed by atoms with Crippen LogP contribution in [0.5, 0.6) is 5.75 Å². The summed E-state index contributed by atoms with van der Waals surface area (Å²) in [7, 11) is -3.88. The standard InChI is InChI=1S/C15H20F3NO3S/c1-11(2)19(12-6-3-4-7-12)23(20,21)14-9-5-8-13(10-14)22-15(16,17)18/h5,8-12H,3-4,6-7H2,1-2H3. The average Bonchev–Trinajstić information content (AvgIpc) is 2.90. The van der Waals surface area contributed by atoms with Crippen molar-refractivity contribution in [3.63, 3.8) is 0 Å². The zero-order chi connectivity index (χ0) is 17.3. The lowest BCUT2D eigenvalue weighted by atomic mass is 10.2. The fourth-order valence-electron chi connectivity index (χ4n) is 3.01. The fraction of sp³-hybridized carbons (Fsp3) is 0.600. The van der Waals surface area contributed by atoms with Gasteiger partial charge in [-0.15, -0.1) is 13.2 Å². The van der Waals surface area contributed by atoms with Gasteiger partial charge in [-0.25, -0.2) is 8.42 Å². The van der Waals surface area contributed by atoms with Crippen molar-refractivity contribution >= 4 is 10.0 Å². The van der Waals surface area contributed by atoms with Crippen molar-refractivity contribution in [1.29, 1.82) is 0 Å². The SMILES string of the molecule is CC(C)N(C1CCCC1)S(=O)(=O)c1cccc(OC(F)(F)F)c1. The van der Waals surface area contributed by atoms with Gasteiger partial charge in [0, 0.05) is 18.2 Å². The van der Waals surface area contributed by atoms with Gasteiger partial charge in [0.05, 0.1) is 4.90 Å². The zero-order valence-corrected chi connectivity index (χ0v) is 13.8. The van der Waals surface area contributed by atoms with Crippen LogP contribution < -0.4 is 4.74 Å². The number of benzene rings is 1. The van der Waals surface area contributed by atoms with Crippen molar-refractivity contribution in [2.24, 2.45) is 0 Å². The Morgan fingerprint density at radius 3 is 2.35 bits per heavy atom. The highest BCUT2D eigenvalue weighted by Gasteiger charge is 2.36. The number of rotatable bonds is 5. The summed E-state index contributed by atoms with van der Waals surface area (Å²) in [5.74, 6) is -0.534. The molecule has 0 unspecified atom stereocenters. The van der Waals surface area contributed by atoms with E-state index in [1.54, 1.807) is 13.8 Å². The molecule has 2 rings (SSSR count). The van der Waals surface area contributed by atoms with E-state index >= 15 is 0 Å². The average molecular weight is 351 g/mol. The lowest BCUT2D eigenvalue weighted by Gasteiger charge is -2.31. The van der Waals surface area contributed by atoms with Gasteiger partial charge in [-0.05, 0) is 38.8 Å². The van der Waals surface area contributed by atoms with E-state index in [1.807, 2.05) is 0 Å². The number of halogens is 3. The smallest absolute Gasteiger partial charge is 0.406 e. The first kappa shape index (κ1) is 18.1. The molecule has 23 heavy (non-hydrogen) atoms. The molecule has 1 aromatic rings. The Hall–Kier alpha value is -1.28. The summed E-state index contributed by atoms with van der Waals surface area (Å²) in [6, 6.07) is 4.18. The van der Waals surface area contributed by atoms with Gasteiger partial charge < -0.3 is 4.74 Å². The summed E-state index contributed by atoms with van der Waals surface area (Å²) in [6.07, 6.45) is -1.39. The van der Waals surface area contributed by atoms with Crippen molar-refractivity contribution in [1.82, 2.24) is 4.31 Å². The minimum atomic E-state index is -4.86. The van der Waals surface area contributed by atoms with Crippen LogP contribution in [0.1, 0.15) is 39.5 Å². The summed E-state index contributed by atoms with van der Waals surface area (Å²) < 4.78 is 67.9. The predicted octanol–water partition coefficient (Wildman–Crippen LogP) is 3.93. The highest BCUT2D eigenvalue weighted by molar-refractivity contribution is 7.89. The van der Waals surface area contributed by atoms with Crippen LogP contribution >= 0.6 is 0 Å². The normalized spacial score (nSPS) is 17.2. The van der Waals surface area contributed by atoms with E-state index in [1.165, 1.54) is 16.4 Å². The molecule has 0 spiro atoms. The highest BCUT2D eigenvalue weighted by Crippen LogP contribution is 2.32. The number of alkyl halides is 3. The van der Waals surface area contributed by atoms with Crippen LogP contribution in [0.2, 0.25) is 0 Å². The number of sulfonamides is 1. The van der Waals surface area contributed by atoms with Gasteiger partial charge in [-0.3, -0.25) is 0 Å². The maximum atomic E-state index is 12.9. The van der Waals surface area contributed by atoms with Crippen molar-refractivity contribution in [3.05, 3.63) is 24.3 Å². The van der Waals surface area contributed by atoms with Crippen molar-refractivity contribution < 1.29 is 26.3 Å². The van der Waals surface area contributed by atoms with Crippen LogP contribution in [0.4, 0.5) is 13.2 Å². The number of hydrogen-bond acceptors (Lipinski definition) is 3. The molecule has 0 radical (unpaired) electrons. The molecule has 0 atom stereocenters. The Morgan fingerprint density at radius 2 is 1.83 bits per heavy atom. The molecule has 0 aromatic heterocycles. The van der Waals surface area contributed by atoms with Gasteiger partial charge in [0.15, 0.2) is 0 Å². The van der Waals surface area contributed by atoms with E-state index in [-0.39, 0.29) is 17.0 Å². The third kappa shape index (κ3) is 4.38. The van der Waals surface area contributed by atoms with Gasteiger partial charge in [0.1, 0.15) is 5.75 Å². The Morgan fingerprint density at radius 1 is 1.22 bits per heavy atom. The first-order valence-corrected chi connectivity index (χ1v) is 8.94. The lowest BCUT2D eigenvalue weighted by molar-refractivity contribution is -0.274. The van der Waals surface area contributed by atoms with Gasteiger partial charge >= 0.3 is 6.36 Å². The quantitative estimate of drug-likeness (QED) is 0.808. The minimum absolute atomic E-state index is 0.104.